The van der Waals surface area contributed by atoms with Crippen molar-refractivity contribution in [1.29, 1.82) is 0 Å². The minimum Gasteiger partial charge on any atom is -0.465 e. The first-order chi connectivity index (χ1) is 8.27. The molecule has 0 spiro atoms. The second-order valence-corrected chi connectivity index (χ2v) is 4.32. The van der Waals surface area contributed by atoms with Crippen molar-refractivity contribution in [3.63, 3.8) is 0 Å². The number of rotatable bonds is 3. The highest BCUT2D eigenvalue weighted by atomic mass is 32.1. The summed E-state index contributed by atoms with van der Waals surface area (Å²) < 4.78 is 9.13. The Balaban J connectivity index is 2.50. The lowest BCUT2D eigenvalue weighted by molar-refractivity contribution is 0.0605. The van der Waals surface area contributed by atoms with E-state index in [2.05, 4.69) is 4.37 Å². The largest absolute Gasteiger partial charge is 0.465 e. The molecule has 17 heavy (non-hydrogen) atoms. The lowest BCUT2D eigenvalue weighted by Gasteiger charge is -2.02. The van der Waals surface area contributed by atoms with Crippen LogP contribution >= 0.6 is 11.5 Å². The first-order valence-corrected chi connectivity index (χ1v) is 6.17. The van der Waals surface area contributed by atoms with Crippen LogP contribution in [0.25, 0.3) is 11.3 Å². The summed E-state index contributed by atoms with van der Waals surface area (Å²) in [5.41, 5.74) is 2.89. The summed E-state index contributed by atoms with van der Waals surface area (Å²) >= 11 is 1.20. The van der Waals surface area contributed by atoms with Crippen LogP contribution in [0, 0.1) is 0 Å². The summed E-state index contributed by atoms with van der Waals surface area (Å²) in [7, 11) is 1.39. The molecule has 0 bridgehead atoms. The Labute approximate surface area is 104 Å². The normalized spacial score (nSPS) is 10.2. The molecular weight excluding hydrogens is 234 g/mol. The van der Waals surface area contributed by atoms with E-state index in [0.717, 1.165) is 23.2 Å². The molecule has 0 radical (unpaired) electrons. The number of carbonyl (C=O) groups is 1. The lowest BCUT2D eigenvalue weighted by atomic mass is 10.0. The van der Waals surface area contributed by atoms with E-state index < -0.39 is 0 Å². The van der Waals surface area contributed by atoms with Gasteiger partial charge >= 0.3 is 5.97 Å². The molecular formula is C13H13NO2S. The monoisotopic (exact) mass is 247 g/mol. The Morgan fingerprint density at radius 1 is 1.35 bits per heavy atom. The van der Waals surface area contributed by atoms with Gasteiger partial charge in [-0.25, -0.2) is 4.79 Å². The number of benzene rings is 1. The average Bonchev–Trinajstić information content (AvgIpc) is 2.82. The number of nitrogens with zero attached hydrogens (tertiary/aromatic N) is 1. The predicted octanol–water partition coefficient (Wildman–Crippen LogP) is 3.16. The zero-order valence-electron chi connectivity index (χ0n) is 9.77. The molecule has 1 aromatic carbocycles. The number of hydrogen-bond donors (Lipinski definition) is 0. The van der Waals surface area contributed by atoms with E-state index in [1.807, 2.05) is 37.3 Å². The van der Waals surface area contributed by atoms with Crippen molar-refractivity contribution in [2.75, 3.05) is 7.11 Å². The van der Waals surface area contributed by atoms with Crippen molar-refractivity contribution < 1.29 is 9.53 Å². The summed E-state index contributed by atoms with van der Waals surface area (Å²) in [6.07, 6.45) is 0.769. The maximum Gasteiger partial charge on any atom is 0.349 e. The standard InChI is InChI=1S/C13H13NO2S/c1-3-10-11(9-7-5-4-6-8-9)14-17-12(10)13(15)16-2/h4-8H,3H2,1-2H3. The lowest BCUT2D eigenvalue weighted by Crippen LogP contribution is -2.01. The third-order valence-electron chi connectivity index (χ3n) is 2.56. The molecule has 0 amide bonds. The number of carbonyl (C=O) groups excluding carboxylic acids is 1. The van der Waals surface area contributed by atoms with E-state index in [1.165, 1.54) is 18.6 Å². The maximum atomic E-state index is 11.6. The predicted molar refractivity (Wildman–Crippen MR) is 68.3 cm³/mol. The first kappa shape index (κ1) is 11.8. The Hall–Kier alpha value is -1.68. The molecule has 1 heterocycles. The van der Waals surface area contributed by atoms with Crippen molar-refractivity contribution in [2.45, 2.75) is 13.3 Å². The van der Waals surface area contributed by atoms with Crippen molar-refractivity contribution in [2.24, 2.45) is 0 Å². The van der Waals surface area contributed by atoms with Gasteiger partial charge in [0.25, 0.3) is 0 Å². The third kappa shape index (κ3) is 2.22. The maximum absolute atomic E-state index is 11.6. The Bertz CT molecular complexity index is 519. The Kier molecular flexibility index (Phi) is 3.54. The summed E-state index contributed by atoms with van der Waals surface area (Å²) in [6, 6.07) is 9.88. The van der Waals surface area contributed by atoms with Gasteiger partial charge in [-0.1, -0.05) is 37.3 Å². The van der Waals surface area contributed by atoms with Crippen LogP contribution in [0.5, 0.6) is 0 Å². The topological polar surface area (TPSA) is 39.2 Å². The van der Waals surface area contributed by atoms with Crippen molar-refractivity contribution in [3.05, 3.63) is 40.8 Å². The highest BCUT2D eigenvalue weighted by Crippen LogP contribution is 2.29. The minimum atomic E-state index is -0.304. The summed E-state index contributed by atoms with van der Waals surface area (Å²) in [5.74, 6) is -0.304. The number of aromatic nitrogens is 1. The number of methoxy groups -OCH3 is 1. The van der Waals surface area contributed by atoms with E-state index in [0.29, 0.717) is 4.88 Å². The van der Waals surface area contributed by atoms with Gasteiger partial charge in [0, 0.05) is 11.1 Å². The molecule has 2 aromatic rings. The van der Waals surface area contributed by atoms with Crippen molar-refractivity contribution in [1.82, 2.24) is 4.37 Å². The number of ether oxygens (including phenoxy) is 1. The summed E-state index contributed by atoms with van der Waals surface area (Å²) in [4.78, 5) is 12.2. The van der Waals surface area contributed by atoms with E-state index in [9.17, 15) is 4.79 Å². The summed E-state index contributed by atoms with van der Waals surface area (Å²) in [6.45, 7) is 2.02. The smallest absolute Gasteiger partial charge is 0.349 e. The molecule has 0 saturated heterocycles. The molecule has 3 nitrogen and oxygen atoms in total. The van der Waals surface area contributed by atoms with Crippen LogP contribution in [0.4, 0.5) is 0 Å². The molecule has 4 heteroatoms. The quantitative estimate of drug-likeness (QED) is 0.782. The molecule has 0 N–H and O–H groups in total. The zero-order chi connectivity index (χ0) is 12.3. The van der Waals surface area contributed by atoms with Gasteiger partial charge in [0.2, 0.25) is 0 Å². The molecule has 0 aliphatic heterocycles. The van der Waals surface area contributed by atoms with Gasteiger partial charge in [0.05, 0.1) is 12.8 Å². The van der Waals surface area contributed by atoms with E-state index in [4.69, 9.17) is 4.74 Å². The van der Waals surface area contributed by atoms with Gasteiger partial charge in [0.15, 0.2) is 0 Å². The van der Waals surface area contributed by atoms with Crippen molar-refractivity contribution in [3.8, 4) is 11.3 Å². The van der Waals surface area contributed by atoms with E-state index in [1.54, 1.807) is 0 Å². The van der Waals surface area contributed by atoms with Crippen LogP contribution in [0.2, 0.25) is 0 Å². The zero-order valence-corrected chi connectivity index (χ0v) is 10.6. The van der Waals surface area contributed by atoms with Gasteiger partial charge in [-0.15, -0.1) is 0 Å². The van der Waals surface area contributed by atoms with E-state index in [-0.39, 0.29) is 5.97 Å². The van der Waals surface area contributed by atoms with Crippen LogP contribution in [-0.4, -0.2) is 17.5 Å². The average molecular weight is 247 g/mol. The third-order valence-corrected chi connectivity index (χ3v) is 3.43. The van der Waals surface area contributed by atoms with Gasteiger partial charge in [-0.3, -0.25) is 0 Å². The molecule has 0 fully saturated rings. The fourth-order valence-corrected chi connectivity index (χ4v) is 2.62. The molecule has 0 atom stereocenters. The van der Waals surface area contributed by atoms with Crippen LogP contribution in [-0.2, 0) is 11.2 Å². The van der Waals surface area contributed by atoms with Crippen LogP contribution in [0.1, 0.15) is 22.2 Å². The van der Waals surface area contributed by atoms with Gasteiger partial charge < -0.3 is 4.74 Å². The minimum absolute atomic E-state index is 0.304. The van der Waals surface area contributed by atoms with Crippen molar-refractivity contribution >= 4 is 17.5 Å². The highest BCUT2D eigenvalue weighted by molar-refractivity contribution is 7.08. The molecule has 0 unspecified atom stereocenters. The fourth-order valence-electron chi connectivity index (χ4n) is 1.71. The van der Waals surface area contributed by atoms with Crippen LogP contribution in [0.3, 0.4) is 0 Å². The van der Waals surface area contributed by atoms with E-state index >= 15 is 0 Å². The summed E-state index contributed by atoms with van der Waals surface area (Å²) in [5, 5.41) is 0. The Morgan fingerprint density at radius 2 is 2.06 bits per heavy atom. The molecule has 88 valence electrons. The van der Waals surface area contributed by atoms with Gasteiger partial charge in [0.1, 0.15) is 4.88 Å². The van der Waals surface area contributed by atoms with Gasteiger partial charge in [-0.05, 0) is 18.0 Å². The molecule has 1 aromatic heterocycles. The molecule has 2 rings (SSSR count). The fraction of sp³-hybridized carbons (Fsp3) is 0.231. The second-order valence-electron chi connectivity index (χ2n) is 3.55. The molecule has 0 aliphatic carbocycles. The second kappa shape index (κ2) is 5.10. The first-order valence-electron chi connectivity index (χ1n) is 5.40. The SMILES string of the molecule is CCc1c(-c2ccccc2)nsc1C(=O)OC. The number of esters is 1. The molecule has 0 saturated carbocycles. The number of hydrogen-bond acceptors (Lipinski definition) is 4. The Morgan fingerprint density at radius 3 is 2.65 bits per heavy atom. The van der Waals surface area contributed by atoms with Gasteiger partial charge in [-0.2, -0.15) is 4.37 Å². The molecule has 0 aliphatic rings. The van der Waals surface area contributed by atoms with Crippen LogP contribution in [0.15, 0.2) is 30.3 Å². The van der Waals surface area contributed by atoms with Crippen LogP contribution < -0.4 is 0 Å². The highest BCUT2D eigenvalue weighted by Gasteiger charge is 2.19.